The predicted molar refractivity (Wildman–Crippen MR) is 133 cm³/mol. The smallest absolute Gasteiger partial charge is 0.417 e. The van der Waals surface area contributed by atoms with Gasteiger partial charge in [-0.1, -0.05) is 29.8 Å². The van der Waals surface area contributed by atoms with Gasteiger partial charge in [-0.25, -0.2) is 0 Å². The lowest BCUT2D eigenvalue weighted by Crippen LogP contribution is -2.32. The number of halogens is 4. The van der Waals surface area contributed by atoms with Crippen molar-refractivity contribution >= 4 is 17.5 Å². The number of ether oxygens (including phenoxy) is 3. The summed E-state index contributed by atoms with van der Waals surface area (Å²) in [4.78, 5) is 13.0. The fraction of sp³-hybridized carbons (Fsp3) is 0.346. The number of amides is 1. The van der Waals surface area contributed by atoms with Gasteiger partial charge in [0.05, 0.1) is 17.7 Å². The maximum Gasteiger partial charge on any atom is 0.417 e. The van der Waals surface area contributed by atoms with Crippen LogP contribution in [0.25, 0.3) is 11.4 Å². The SMILES string of the molecule is Cn1c(-c2ccccc2C(F)(F)F)nnc1C(C)(C)Oc1ccc(Cl)cc1C(=O)NCC1=COC(C)(C)O1. The minimum absolute atomic E-state index is 0.0219. The monoisotopic (exact) mass is 550 g/mol. The fourth-order valence-electron chi connectivity index (χ4n) is 4.01. The molecule has 0 spiro atoms. The summed E-state index contributed by atoms with van der Waals surface area (Å²) < 4.78 is 59.4. The van der Waals surface area contributed by atoms with E-state index < -0.39 is 29.0 Å². The summed E-state index contributed by atoms with van der Waals surface area (Å²) in [6.45, 7) is 6.89. The molecule has 2 aromatic carbocycles. The molecule has 0 aliphatic carbocycles. The van der Waals surface area contributed by atoms with Gasteiger partial charge in [-0.05, 0) is 38.1 Å². The third kappa shape index (κ3) is 5.72. The van der Waals surface area contributed by atoms with Crippen molar-refractivity contribution in [2.24, 2.45) is 7.05 Å². The first-order valence-corrected chi connectivity index (χ1v) is 11.9. The third-order valence-electron chi connectivity index (χ3n) is 5.71. The molecule has 1 N–H and O–H groups in total. The Kier molecular flexibility index (Phi) is 7.09. The lowest BCUT2D eigenvalue weighted by molar-refractivity contribution is -0.137. The highest BCUT2D eigenvalue weighted by Gasteiger charge is 2.37. The number of nitrogens with one attached hydrogen (secondary N) is 1. The van der Waals surface area contributed by atoms with Crippen LogP contribution in [0.15, 0.2) is 54.5 Å². The lowest BCUT2D eigenvalue weighted by Gasteiger charge is -2.27. The summed E-state index contributed by atoms with van der Waals surface area (Å²) >= 11 is 6.15. The highest BCUT2D eigenvalue weighted by Crippen LogP contribution is 2.38. The Hall–Kier alpha value is -3.73. The molecule has 8 nitrogen and oxygen atoms in total. The van der Waals surface area contributed by atoms with E-state index in [4.69, 9.17) is 25.8 Å². The lowest BCUT2D eigenvalue weighted by atomic mass is 10.1. The number of nitrogens with zero attached hydrogens (tertiary/aromatic N) is 3. The molecule has 12 heteroatoms. The van der Waals surface area contributed by atoms with E-state index >= 15 is 0 Å². The van der Waals surface area contributed by atoms with Gasteiger partial charge in [0.25, 0.3) is 5.91 Å². The van der Waals surface area contributed by atoms with E-state index in [9.17, 15) is 18.0 Å². The second kappa shape index (κ2) is 9.86. The van der Waals surface area contributed by atoms with E-state index in [2.05, 4.69) is 15.5 Å². The summed E-state index contributed by atoms with van der Waals surface area (Å²) in [6.07, 6.45) is -3.14. The van der Waals surface area contributed by atoms with Gasteiger partial charge >= 0.3 is 6.18 Å². The van der Waals surface area contributed by atoms with Gasteiger partial charge in [0.1, 0.15) is 12.0 Å². The van der Waals surface area contributed by atoms with Crippen LogP contribution in [0.4, 0.5) is 13.2 Å². The van der Waals surface area contributed by atoms with E-state index in [1.807, 2.05) is 0 Å². The Balaban J connectivity index is 1.59. The molecular weight excluding hydrogens is 525 g/mol. The Morgan fingerprint density at radius 2 is 1.87 bits per heavy atom. The Morgan fingerprint density at radius 3 is 2.53 bits per heavy atom. The molecule has 202 valence electrons. The first-order chi connectivity index (χ1) is 17.7. The maximum atomic E-state index is 13.6. The first-order valence-electron chi connectivity index (χ1n) is 11.6. The summed E-state index contributed by atoms with van der Waals surface area (Å²) in [6, 6.07) is 9.68. The number of alkyl halides is 3. The van der Waals surface area contributed by atoms with E-state index in [1.165, 1.54) is 41.2 Å². The molecule has 1 amide bonds. The van der Waals surface area contributed by atoms with Crippen LogP contribution >= 0.6 is 11.6 Å². The van der Waals surface area contributed by atoms with Crippen LogP contribution in [0.3, 0.4) is 0 Å². The molecule has 1 aromatic heterocycles. The van der Waals surface area contributed by atoms with Gasteiger partial charge in [0, 0.05) is 31.5 Å². The minimum atomic E-state index is -4.57. The van der Waals surface area contributed by atoms with Crippen LogP contribution in [0.1, 0.15) is 49.4 Å². The zero-order chi connectivity index (χ0) is 27.9. The van der Waals surface area contributed by atoms with Gasteiger partial charge in [-0.3, -0.25) is 4.79 Å². The predicted octanol–water partition coefficient (Wildman–Crippen LogP) is 5.82. The molecule has 3 aromatic rings. The molecule has 0 unspecified atom stereocenters. The molecule has 0 radical (unpaired) electrons. The van der Waals surface area contributed by atoms with E-state index in [1.54, 1.807) is 40.8 Å². The van der Waals surface area contributed by atoms with Crippen molar-refractivity contribution in [3.8, 4) is 17.1 Å². The molecule has 38 heavy (non-hydrogen) atoms. The number of rotatable bonds is 7. The summed E-state index contributed by atoms with van der Waals surface area (Å²) in [5.74, 6) is -0.396. The molecule has 0 bridgehead atoms. The zero-order valence-electron chi connectivity index (χ0n) is 21.3. The van der Waals surface area contributed by atoms with Gasteiger partial charge in [-0.15, -0.1) is 10.2 Å². The second-order valence-corrected chi connectivity index (χ2v) is 10.0. The van der Waals surface area contributed by atoms with E-state index in [0.717, 1.165) is 6.07 Å². The molecule has 1 aliphatic rings. The summed E-state index contributed by atoms with van der Waals surface area (Å²) in [7, 11) is 1.55. The largest absolute Gasteiger partial charge is 0.479 e. The van der Waals surface area contributed by atoms with Crippen LogP contribution in [-0.4, -0.2) is 33.0 Å². The highest BCUT2D eigenvalue weighted by atomic mass is 35.5. The quantitative estimate of drug-likeness (QED) is 0.399. The topological polar surface area (TPSA) is 87.5 Å². The van der Waals surface area contributed by atoms with Gasteiger partial charge < -0.3 is 24.1 Å². The van der Waals surface area contributed by atoms with Gasteiger partial charge in [-0.2, -0.15) is 13.2 Å². The number of benzene rings is 2. The van der Waals surface area contributed by atoms with Crippen molar-refractivity contribution in [3.63, 3.8) is 0 Å². The molecular formula is C26H26ClF3N4O4. The van der Waals surface area contributed by atoms with Crippen molar-refractivity contribution in [3.05, 3.63) is 76.5 Å². The van der Waals surface area contributed by atoms with Crippen LogP contribution in [0.2, 0.25) is 5.02 Å². The normalized spacial score (nSPS) is 14.9. The van der Waals surface area contributed by atoms with Crippen LogP contribution < -0.4 is 10.1 Å². The van der Waals surface area contributed by atoms with Crippen LogP contribution in [-0.2, 0) is 28.3 Å². The standard InChI is InChI=1S/C26H26ClF3N4O4/c1-24(2,23-33-32-21(34(23)5)17-8-6-7-9-19(17)26(28,29)30)38-20-11-10-15(27)12-18(20)22(35)31-13-16-14-36-25(3,4)37-16/h6-12,14H,13H2,1-5H3,(H,31,35). The molecule has 2 heterocycles. The number of aromatic nitrogens is 3. The number of hydrogen-bond acceptors (Lipinski definition) is 6. The maximum absolute atomic E-state index is 13.6. The summed E-state index contributed by atoms with van der Waals surface area (Å²) in [5, 5.41) is 11.2. The average molecular weight is 551 g/mol. The van der Waals surface area contributed by atoms with Gasteiger partial charge in [0.2, 0.25) is 5.79 Å². The van der Waals surface area contributed by atoms with Crippen molar-refractivity contribution < 1.29 is 32.2 Å². The third-order valence-corrected chi connectivity index (χ3v) is 5.95. The molecule has 1 aliphatic heterocycles. The Labute approximate surface area is 222 Å². The first kappa shape index (κ1) is 27.3. The fourth-order valence-corrected chi connectivity index (χ4v) is 4.19. The molecule has 0 saturated heterocycles. The molecule has 0 saturated carbocycles. The Morgan fingerprint density at radius 1 is 1.16 bits per heavy atom. The van der Waals surface area contributed by atoms with Crippen LogP contribution in [0, 0.1) is 0 Å². The van der Waals surface area contributed by atoms with E-state index in [-0.39, 0.29) is 35.1 Å². The summed E-state index contributed by atoms with van der Waals surface area (Å²) in [5.41, 5.74) is -1.99. The second-order valence-electron chi connectivity index (χ2n) is 9.59. The molecule has 0 atom stereocenters. The van der Waals surface area contributed by atoms with Crippen molar-refractivity contribution in [1.82, 2.24) is 20.1 Å². The number of hydrogen-bond donors (Lipinski definition) is 1. The highest BCUT2D eigenvalue weighted by molar-refractivity contribution is 6.31. The Bertz CT molecular complexity index is 1400. The van der Waals surface area contributed by atoms with Crippen molar-refractivity contribution in [2.75, 3.05) is 6.54 Å². The number of carbonyl (C=O) groups excluding carboxylic acids is 1. The molecule has 0 fully saturated rings. The zero-order valence-corrected chi connectivity index (χ0v) is 22.1. The van der Waals surface area contributed by atoms with E-state index in [0.29, 0.717) is 10.8 Å². The van der Waals surface area contributed by atoms with Crippen LogP contribution in [0.5, 0.6) is 5.75 Å². The van der Waals surface area contributed by atoms with Crippen molar-refractivity contribution in [2.45, 2.75) is 45.3 Å². The number of carbonyl (C=O) groups is 1. The van der Waals surface area contributed by atoms with Crippen molar-refractivity contribution in [1.29, 1.82) is 0 Å². The van der Waals surface area contributed by atoms with Gasteiger partial charge in [0.15, 0.2) is 23.0 Å². The molecule has 4 rings (SSSR count). The minimum Gasteiger partial charge on any atom is -0.479 e. The average Bonchev–Trinajstić information content (AvgIpc) is 3.39.